The van der Waals surface area contributed by atoms with E-state index in [0.717, 1.165) is 18.3 Å². The van der Waals surface area contributed by atoms with Gasteiger partial charge in [0, 0.05) is 42.7 Å². The molecule has 0 amide bonds. The smallest absolute Gasteiger partial charge is 0.0244 e. The first-order valence-corrected chi connectivity index (χ1v) is 8.31. The standard InChI is InChI=1S/C14H28N2S/c1-14(2,16-10-8-15-9-11-16)12-17-13-6-4-3-5-7-13/h13,15H,3-12H2,1-2H3. The van der Waals surface area contributed by atoms with Gasteiger partial charge in [0.25, 0.3) is 0 Å². The number of rotatable bonds is 4. The molecule has 2 aliphatic rings. The van der Waals surface area contributed by atoms with E-state index in [2.05, 4.69) is 35.8 Å². The molecule has 0 spiro atoms. The average Bonchev–Trinajstić information content (AvgIpc) is 2.39. The van der Waals surface area contributed by atoms with Gasteiger partial charge in [0.1, 0.15) is 0 Å². The third-order valence-corrected chi connectivity index (χ3v) is 6.01. The van der Waals surface area contributed by atoms with Crippen LogP contribution in [0.1, 0.15) is 46.0 Å². The summed E-state index contributed by atoms with van der Waals surface area (Å²) in [6, 6.07) is 0. The highest BCUT2D eigenvalue weighted by Gasteiger charge is 2.29. The maximum Gasteiger partial charge on any atom is 0.0244 e. The fraction of sp³-hybridized carbons (Fsp3) is 1.00. The molecular weight excluding hydrogens is 228 g/mol. The van der Waals surface area contributed by atoms with E-state index < -0.39 is 0 Å². The summed E-state index contributed by atoms with van der Waals surface area (Å²) in [5.41, 5.74) is 0.379. The largest absolute Gasteiger partial charge is 0.314 e. The van der Waals surface area contributed by atoms with E-state index in [4.69, 9.17) is 0 Å². The molecule has 1 aliphatic carbocycles. The minimum atomic E-state index is 0.379. The van der Waals surface area contributed by atoms with Gasteiger partial charge in [-0.3, -0.25) is 4.90 Å². The maximum atomic E-state index is 3.44. The van der Waals surface area contributed by atoms with Gasteiger partial charge >= 0.3 is 0 Å². The molecule has 1 saturated carbocycles. The Morgan fingerprint density at radius 3 is 2.41 bits per heavy atom. The van der Waals surface area contributed by atoms with Crippen LogP contribution in [0.2, 0.25) is 0 Å². The van der Waals surface area contributed by atoms with Gasteiger partial charge < -0.3 is 5.32 Å². The van der Waals surface area contributed by atoms with E-state index in [9.17, 15) is 0 Å². The number of thioether (sulfide) groups is 1. The van der Waals surface area contributed by atoms with Crippen LogP contribution in [0.3, 0.4) is 0 Å². The Bertz CT molecular complexity index is 218. The van der Waals surface area contributed by atoms with E-state index in [1.807, 2.05) is 0 Å². The van der Waals surface area contributed by atoms with Gasteiger partial charge in [-0.05, 0) is 26.7 Å². The average molecular weight is 256 g/mol. The summed E-state index contributed by atoms with van der Waals surface area (Å²) in [5.74, 6) is 1.30. The zero-order valence-corrected chi connectivity index (χ0v) is 12.3. The van der Waals surface area contributed by atoms with Crippen molar-refractivity contribution in [1.82, 2.24) is 10.2 Å². The summed E-state index contributed by atoms with van der Waals surface area (Å²) in [7, 11) is 0. The Balaban J connectivity index is 1.75. The second-order valence-corrected chi connectivity index (χ2v) is 7.41. The normalized spacial score (nSPS) is 25.1. The number of piperazine rings is 1. The predicted octanol–water partition coefficient (Wildman–Crippen LogP) is 2.74. The zero-order chi connectivity index (χ0) is 12.1. The van der Waals surface area contributed by atoms with Crippen LogP contribution >= 0.6 is 11.8 Å². The molecule has 1 heterocycles. The molecule has 1 saturated heterocycles. The maximum absolute atomic E-state index is 3.44. The first-order valence-electron chi connectivity index (χ1n) is 7.26. The van der Waals surface area contributed by atoms with Gasteiger partial charge in [-0.15, -0.1) is 0 Å². The molecule has 0 aromatic carbocycles. The molecule has 2 nitrogen and oxygen atoms in total. The van der Waals surface area contributed by atoms with Gasteiger partial charge in [-0.25, -0.2) is 0 Å². The molecule has 1 N–H and O–H groups in total. The summed E-state index contributed by atoms with van der Waals surface area (Å²) in [5, 5.41) is 4.39. The number of nitrogens with zero attached hydrogens (tertiary/aromatic N) is 1. The summed E-state index contributed by atoms with van der Waals surface area (Å²) >= 11 is 2.24. The van der Waals surface area contributed by atoms with E-state index in [1.165, 1.54) is 50.9 Å². The summed E-state index contributed by atoms with van der Waals surface area (Å²) < 4.78 is 0. The van der Waals surface area contributed by atoms with Crippen LogP contribution in [0.25, 0.3) is 0 Å². The van der Waals surface area contributed by atoms with Gasteiger partial charge in [-0.2, -0.15) is 11.8 Å². The highest BCUT2D eigenvalue weighted by atomic mass is 32.2. The molecule has 3 heteroatoms. The molecule has 0 bridgehead atoms. The van der Waals surface area contributed by atoms with E-state index in [-0.39, 0.29) is 0 Å². The minimum absolute atomic E-state index is 0.379. The van der Waals surface area contributed by atoms with Crippen molar-refractivity contribution in [3.8, 4) is 0 Å². The lowest BCUT2D eigenvalue weighted by atomic mass is 10.0. The van der Waals surface area contributed by atoms with Crippen LogP contribution in [0.15, 0.2) is 0 Å². The van der Waals surface area contributed by atoms with Gasteiger partial charge in [0.2, 0.25) is 0 Å². The Morgan fingerprint density at radius 2 is 1.76 bits per heavy atom. The summed E-state index contributed by atoms with van der Waals surface area (Å²) in [6.45, 7) is 9.62. The van der Waals surface area contributed by atoms with Crippen molar-refractivity contribution in [3.63, 3.8) is 0 Å². The molecule has 100 valence electrons. The van der Waals surface area contributed by atoms with Crippen LogP contribution in [-0.4, -0.2) is 47.6 Å². The fourth-order valence-electron chi connectivity index (χ4n) is 2.92. The highest BCUT2D eigenvalue weighted by molar-refractivity contribution is 7.99. The van der Waals surface area contributed by atoms with Crippen LogP contribution in [0, 0.1) is 0 Å². The first-order chi connectivity index (χ1) is 8.18. The summed E-state index contributed by atoms with van der Waals surface area (Å²) in [6.07, 6.45) is 7.32. The number of nitrogens with one attached hydrogen (secondary N) is 1. The van der Waals surface area contributed by atoms with E-state index in [0.29, 0.717) is 5.54 Å². The third-order valence-electron chi connectivity index (χ3n) is 4.20. The molecule has 0 aromatic rings. The topological polar surface area (TPSA) is 15.3 Å². The third kappa shape index (κ3) is 4.15. The minimum Gasteiger partial charge on any atom is -0.314 e. The lowest BCUT2D eigenvalue weighted by Gasteiger charge is -2.41. The lowest BCUT2D eigenvalue weighted by molar-refractivity contribution is 0.123. The fourth-order valence-corrected chi connectivity index (χ4v) is 4.41. The van der Waals surface area contributed by atoms with Crippen molar-refractivity contribution in [2.75, 3.05) is 31.9 Å². The zero-order valence-electron chi connectivity index (χ0n) is 11.5. The first kappa shape index (κ1) is 13.7. The molecule has 2 rings (SSSR count). The Kier molecular flexibility index (Phi) is 5.19. The van der Waals surface area contributed by atoms with Gasteiger partial charge in [0.05, 0.1) is 0 Å². The SMILES string of the molecule is CC(C)(CSC1CCCCC1)N1CCNCC1. The van der Waals surface area contributed by atoms with Crippen molar-refractivity contribution in [1.29, 1.82) is 0 Å². The quantitative estimate of drug-likeness (QED) is 0.832. The predicted molar refractivity (Wildman–Crippen MR) is 77.9 cm³/mol. The van der Waals surface area contributed by atoms with Crippen molar-refractivity contribution >= 4 is 11.8 Å². The number of hydrogen-bond acceptors (Lipinski definition) is 3. The molecule has 0 atom stereocenters. The Labute approximate surface area is 111 Å². The molecule has 1 aliphatic heterocycles. The molecule has 0 unspecified atom stereocenters. The van der Waals surface area contributed by atoms with Crippen molar-refractivity contribution in [2.45, 2.75) is 56.7 Å². The van der Waals surface area contributed by atoms with Crippen LogP contribution in [0.4, 0.5) is 0 Å². The van der Waals surface area contributed by atoms with Gasteiger partial charge in [0.15, 0.2) is 0 Å². The van der Waals surface area contributed by atoms with E-state index >= 15 is 0 Å². The van der Waals surface area contributed by atoms with Crippen molar-refractivity contribution in [3.05, 3.63) is 0 Å². The Hall–Kier alpha value is 0.270. The molecule has 0 aromatic heterocycles. The van der Waals surface area contributed by atoms with Crippen molar-refractivity contribution in [2.24, 2.45) is 0 Å². The van der Waals surface area contributed by atoms with Gasteiger partial charge in [-0.1, -0.05) is 19.3 Å². The highest BCUT2D eigenvalue weighted by Crippen LogP contribution is 2.31. The molecular formula is C14H28N2S. The van der Waals surface area contributed by atoms with E-state index in [1.54, 1.807) is 0 Å². The molecule has 0 radical (unpaired) electrons. The van der Waals surface area contributed by atoms with Crippen LogP contribution in [0.5, 0.6) is 0 Å². The monoisotopic (exact) mass is 256 g/mol. The molecule has 2 fully saturated rings. The Morgan fingerprint density at radius 1 is 1.12 bits per heavy atom. The summed E-state index contributed by atoms with van der Waals surface area (Å²) in [4.78, 5) is 2.67. The lowest BCUT2D eigenvalue weighted by Crippen LogP contribution is -2.54. The van der Waals surface area contributed by atoms with Crippen LogP contribution in [-0.2, 0) is 0 Å². The number of hydrogen-bond donors (Lipinski definition) is 1. The molecule has 17 heavy (non-hydrogen) atoms. The van der Waals surface area contributed by atoms with Crippen molar-refractivity contribution < 1.29 is 0 Å². The second-order valence-electron chi connectivity index (χ2n) is 6.12. The second kappa shape index (κ2) is 6.44. The van der Waals surface area contributed by atoms with Crippen LogP contribution < -0.4 is 5.32 Å².